The van der Waals surface area contributed by atoms with E-state index in [4.69, 9.17) is 4.74 Å². The largest absolute Gasteiger partial charge is 0.497 e. The van der Waals surface area contributed by atoms with Crippen LogP contribution in [0.4, 0.5) is 19.0 Å². The van der Waals surface area contributed by atoms with E-state index in [-0.39, 0.29) is 18.7 Å². The highest BCUT2D eigenvalue weighted by Crippen LogP contribution is 2.34. The van der Waals surface area contributed by atoms with Crippen molar-refractivity contribution in [3.63, 3.8) is 0 Å². The molecule has 5 rings (SSSR count). The molecule has 4 aromatic rings. The maximum absolute atomic E-state index is 13.4. The van der Waals surface area contributed by atoms with Crippen LogP contribution in [0, 0.1) is 0 Å². The summed E-state index contributed by atoms with van der Waals surface area (Å²) in [5, 5.41) is 4.33. The predicted molar refractivity (Wildman–Crippen MR) is 122 cm³/mol. The summed E-state index contributed by atoms with van der Waals surface area (Å²) in [5.41, 5.74) is 0.443. The molecule has 0 unspecified atom stereocenters. The Kier molecular flexibility index (Phi) is 5.75. The quantitative estimate of drug-likeness (QED) is 0.441. The molecule has 0 radical (unpaired) electrons. The van der Waals surface area contributed by atoms with Crippen molar-refractivity contribution in [3.05, 3.63) is 72.2 Å². The van der Waals surface area contributed by atoms with E-state index in [2.05, 4.69) is 15.1 Å². The topological polar surface area (TPSA) is 75.9 Å². The monoisotopic (exact) mass is 482 g/mol. The number of hydrogen-bond acceptors (Lipinski definition) is 6. The molecule has 2 aromatic heterocycles. The molecule has 1 aliphatic rings. The second-order valence-corrected chi connectivity index (χ2v) is 8.02. The standard InChI is InChI=1S/C24H21F3N6O2/c1-35-17-8-6-16(7-9-17)19-14-28-23-29-15-30-33(23)21(19)31-10-12-32(13-11-31)22(34)18-4-2-3-5-20(18)24(25,26)27/h2-9,14-15H,10-13H2,1H3. The second-order valence-electron chi connectivity index (χ2n) is 8.02. The molecule has 3 heterocycles. The molecule has 0 spiro atoms. The molecular weight excluding hydrogens is 461 g/mol. The molecule has 0 atom stereocenters. The summed E-state index contributed by atoms with van der Waals surface area (Å²) in [6.45, 7) is 1.32. The number of fused-ring (bicyclic) bond motifs is 1. The molecular formula is C24H21F3N6O2. The summed E-state index contributed by atoms with van der Waals surface area (Å²) in [4.78, 5) is 25.1. The number of carbonyl (C=O) groups is 1. The Balaban J connectivity index is 1.43. The zero-order chi connectivity index (χ0) is 24.6. The van der Waals surface area contributed by atoms with Gasteiger partial charge in [-0.2, -0.15) is 27.8 Å². The average molecular weight is 482 g/mol. The number of rotatable bonds is 4. The van der Waals surface area contributed by atoms with Crippen LogP contribution in [0.15, 0.2) is 61.1 Å². The predicted octanol–water partition coefficient (Wildman–Crippen LogP) is 3.78. The van der Waals surface area contributed by atoms with Crippen molar-refractivity contribution >= 4 is 17.5 Å². The molecule has 180 valence electrons. The lowest BCUT2D eigenvalue weighted by Crippen LogP contribution is -2.49. The average Bonchev–Trinajstić information content (AvgIpc) is 3.36. The first-order chi connectivity index (χ1) is 16.9. The number of piperazine rings is 1. The van der Waals surface area contributed by atoms with Crippen molar-refractivity contribution in [2.75, 3.05) is 38.2 Å². The summed E-state index contributed by atoms with van der Waals surface area (Å²) in [6, 6.07) is 12.4. The first-order valence-corrected chi connectivity index (χ1v) is 10.9. The maximum atomic E-state index is 13.4. The van der Waals surface area contributed by atoms with Gasteiger partial charge < -0.3 is 14.5 Å². The summed E-state index contributed by atoms with van der Waals surface area (Å²) in [5.74, 6) is 1.26. The molecule has 0 N–H and O–H groups in total. The van der Waals surface area contributed by atoms with E-state index in [1.54, 1.807) is 17.8 Å². The van der Waals surface area contributed by atoms with E-state index in [0.717, 1.165) is 28.8 Å². The fourth-order valence-corrected chi connectivity index (χ4v) is 4.25. The van der Waals surface area contributed by atoms with Gasteiger partial charge >= 0.3 is 6.18 Å². The van der Waals surface area contributed by atoms with Gasteiger partial charge in [0, 0.05) is 37.9 Å². The van der Waals surface area contributed by atoms with Gasteiger partial charge in [-0.15, -0.1) is 0 Å². The highest BCUT2D eigenvalue weighted by molar-refractivity contribution is 5.96. The lowest BCUT2D eigenvalue weighted by Gasteiger charge is -2.37. The van der Waals surface area contributed by atoms with E-state index in [1.165, 1.54) is 29.4 Å². The summed E-state index contributed by atoms with van der Waals surface area (Å²) < 4.78 is 47.1. The van der Waals surface area contributed by atoms with Gasteiger partial charge in [0.15, 0.2) is 0 Å². The Bertz CT molecular complexity index is 1360. The Morgan fingerprint density at radius 2 is 1.69 bits per heavy atom. The molecule has 1 aliphatic heterocycles. The van der Waals surface area contributed by atoms with Crippen LogP contribution in [0.1, 0.15) is 15.9 Å². The van der Waals surface area contributed by atoms with Crippen molar-refractivity contribution in [1.29, 1.82) is 0 Å². The van der Waals surface area contributed by atoms with Gasteiger partial charge in [-0.1, -0.05) is 24.3 Å². The molecule has 0 bridgehead atoms. The minimum absolute atomic E-state index is 0.256. The Morgan fingerprint density at radius 1 is 0.971 bits per heavy atom. The van der Waals surface area contributed by atoms with Gasteiger partial charge in [0.25, 0.3) is 11.7 Å². The molecule has 0 aliphatic carbocycles. The normalized spacial score (nSPS) is 14.4. The van der Waals surface area contributed by atoms with Gasteiger partial charge in [-0.05, 0) is 29.8 Å². The SMILES string of the molecule is COc1ccc(-c2cnc3ncnn3c2N2CCN(C(=O)c3ccccc3C(F)(F)F)CC2)cc1. The van der Waals surface area contributed by atoms with Gasteiger partial charge in [0.1, 0.15) is 17.9 Å². The second kappa shape index (κ2) is 8.90. The van der Waals surface area contributed by atoms with Crippen molar-refractivity contribution < 1.29 is 22.7 Å². The van der Waals surface area contributed by atoms with Crippen molar-refractivity contribution in [1.82, 2.24) is 24.5 Å². The van der Waals surface area contributed by atoms with Crippen LogP contribution >= 0.6 is 0 Å². The van der Waals surface area contributed by atoms with E-state index in [0.29, 0.717) is 18.9 Å². The Morgan fingerprint density at radius 3 is 2.37 bits per heavy atom. The Hall–Kier alpha value is -4.15. The number of anilines is 1. The van der Waals surface area contributed by atoms with Crippen molar-refractivity contribution in [2.45, 2.75) is 6.18 Å². The summed E-state index contributed by atoms with van der Waals surface area (Å²) in [7, 11) is 1.59. The molecule has 2 aromatic carbocycles. The molecule has 35 heavy (non-hydrogen) atoms. The highest BCUT2D eigenvalue weighted by atomic mass is 19.4. The van der Waals surface area contributed by atoms with Crippen LogP contribution in [-0.4, -0.2) is 63.7 Å². The first kappa shape index (κ1) is 22.6. The van der Waals surface area contributed by atoms with Crippen LogP contribution in [0.25, 0.3) is 16.9 Å². The lowest BCUT2D eigenvalue weighted by molar-refractivity contribution is -0.138. The van der Waals surface area contributed by atoms with Crippen LogP contribution in [0.5, 0.6) is 5.75 Å². The maximum Gasteiger partial charge on any atom is 0.417 e. The van der Waals surface area contributed by atoms with E-state index in [1.807, 2.05) is 29.2 Å². The molecule has 8 nitrogen and oxygen atoms in total. The zero-order valence-corrected chi connectivity index (χ0v) is 18.7. The zero-order valence-electron chi connectivity index (χ0n) is 18.7. The summed E-state index contributed by atoms with van der Waals surface area (Å²) in [6.07, 6.45) is -1.47. The number of hydrogen-bond donors (Lipinski definition) is 0. The number of nitrogens with zero attached hydrogens (tertiary/aromatic N) is 6. The molecule has 1 amide bonds. The van der Waals surface area contributed by atoms with Crippen LogP contribution in [0.2, 0.25) is 0 Å². The smallest absolute Gasteiger partial charge is 0.417 e. The molecule has 1 saturated heterocycles. The number of methoxy groups -OCH3 is 1. The van der Waals surface area contributed by atoms with Crippen LogP contribution in [0.3, 0.4) is 0 Å². The third-order valence-electron chi connectivity index (χ3n) is 6.01. The number of benzene rings is 2. The third-order valence-corrected chi connectivity index (χ3v) is 6.01. The number of amides is 1. The third kappa shape index (κ3) is 4.25. The minimum Gasteiger partial charge on any atom is -0.497 e. The van der Waals surface area contributed by atoms with Crippen LogP contribution in [-0.2, 0) is 6.18 Å². The highest BCUT2D eigenvalue weighted by Gasteiger charge is 2.36. The van der Waals surface area contributed by atoms with Gasteiger partial charge in [0.05, 0.1) is 18.2 Å². The van der Waals surface area contributed by atoms with E-state index in [9.17, 15) is 18.0 Å². The fourth-order valence-electron chi connectivity index (χ4n) is 4.25. The van der Waals surface area contributed by atoms with Crippen molar-refractivity contribution in [3.8, 4) is 16.9 Å². The lowest BCUT2D eigenvalue weighted by atomic mass is 10.0. The number of ether oxygens (including phenoxy) is 1. The number of alkyl halides is 3. The fraction of sp³-hybridized carbons (Fsp3) is 0.250. The number of halogens is 3. The number of aromatic nitrogens is 4. The Labute approximate surface area is 198 Å². The minimum atomic E-state index is -4.60. The van der Waals surface area contributed by atoms with E-state index < -0.39 is 17.6 Å². The van der Waals surface area contributed by atoms with Crippen molar-refractivity contribution in [2.24, 2.45) is 0 Å². The van der Waals surface area contributed by atoms with Gasteiger partial charge in [-0.25, -0.2) is 4.98 Å². The molecule has 1 fully saturated rings. The summed E-state index contributed by atoms with van der Waals surface area (Å²) >= 11 is 0. The molecule has 0 saturated carbocycles. The first-order valence-electron chi connectivity index (χ1n) is 10.9. The van der Waals surface area contributed by atoms with Gasteiger partial charge in [0.2, 0.25) is 0 Å². The number of carbonyl (C=O) groups excluding carboxylic acids is 1. The van der Waals surface area contributed by atoms with E-state index >= 15 is 0 Å². The van der Waals surface area contributed by atoms with Gasteiger partial charge in [-0.3, -0.25) is 4.79 Å². The molecule has 11 heteroatoms. The van der Waals surface area contributed by atoms with Crippen LogP contribution < -0.4 is 9.64 Å².